The minimum atomic E-state index is -0.636. The van der Waals surface area contributed by atoms with E-state index in [1.807, 2.05) is 30.3 Å². The van der Waals surface area contributed by atoms with Gasteiger partial charge in [-0.15, -0.1) is 0 Å². The molecular weight excluding hydrogens is 260 g/mol. The highest BCUT2D eigenvalue weighted by Gasteiger charge is 2.19. The molecule has 0 heterocycles. The molecule has 0 aliphatic carbocycles. The Labute approximate surface area is 117 Å². The summed E-state index contributed by atoms with van der Waals surface area (Å²) >= 11 is 0. The van der Waals surface area contributed by atoms with E-state index >= 15 is 0 Å². The Morgan fingerprint density at radius 1 is 1.30 bits per heavy atom. The average molecular weight is 276 g/mol. The molecule has 0 aliphatic heterocycles. The van der Waals surface area contributed by atoms with E-state index in [4.69, 9.17) is 11.3 Å². The van der Waals surface area contributed by atoms with Crippen molar-refractivity contribution in [1.29, 1.82) is 0 Å². The fraction of sp³-hybridized carbons (Fsp3) is 0.357. The minimum Gasteiger partial charge on any atom is -0.468 e. The standard InChI is InChI=1S/C14H16N2O4/c1-15-8-9-16(10-13(17)19-2)14(18)20-11-12-6-4-3-5-7-12/h3-7H,8-11H2,2H3. The second-order valence-corrected chi connectivity index (χ2v) is 3.92. The van der Waals surface area contributed by atoms with Crippen molar-refractivity contribution in [2.75, 3.05) is 26.7 Å². The average Bonchev–Trinajstić information content (AvgIpc) is 2.49. The lowest BCUT2D eigenvalue weighted by Gasteiger charge is -2.18. The van der Waals surface area contributed by atoms with Crippen molar-refractivity contribution in [1.82, 2.24) is 4.90 Å². The van der Waals surface area contributed by atoms with Crippen LogP contribution in [0.25, 0.3) is 4.85 Å². The van der Waals surface area contributed by atoms with Crippen molar-refractivity contribution in [2.24, 2.45) is 0 Å². The molecule has 1 rings (SSSR count). The van der Waals surface area contributed by atoms with Gasteiger partial charge in [-0.3, -0.25) is 9.69 Å². The molecule has 6 heteroatoms. The van der Waals surface area contributed by atoms with E-state index in [-0.39, 0.29) is 26.2 Å². The van der Waals surface area contributed by atoms with Gasteiger partial charge in [0.1, 0.15) is 13.2 Å². The molecule has 0 spiro atoms. The fourth-order valence-corrected chi connectivity index (χ4v) is 1.44. The van der Waals surface area contributed by atoms with E-state index in [2.05, 4.69) is 9.58 Å². The monoisotopic (exact) mass is 276 g/mol. The Morgan fingerprint density at radius 3 is 2.60 bits per heavy atom. The summed E-state index contributed by atoms with van der Waals surface area (Å²) in [7, 11) is 1.24. The number of hydrogen-bond acceptors (Lipinski definition) is 4. The molecule has 0 N–H and O–H groups in total. The third-order valence-corrected chi connectivity index (χ3v) is 2.49. The van der Waals surface area contributed by atoms with Crippen molar-refractivity contribution < 1.29 is 19.1 Å². The van der Waals surface area contributed by atoms with E-state index in [0.29, 0.717) is 0 Å². The van der Waals surface area contributed by atoms with Gasteiger partial charge in [0.25, 0.3) is 0 Å². The van der Waals surface area contributed by atoms with E-state index in [1.165, 1.54) is 7.11 Å². The molecule has 0 aromatic heterocycles. The summed E-state index contributed by atoms with van der Waals surface area (Å²) in [5.41, 5.74) is 0.851. The third-order valence-electron chi connectivity index (χ3n) is 2.49. The number of carbonyl (C=O) groups excluding carboxylic acids is 2. The molecule has 0 fully saturated rings. The number of methoxy groups -OCH3 is 1. The summed E-state index contributed by atoms with van der Waals surface area (Å²) < 4.78 is 9.62. The van der Waals surface area contributed by atoms with Crippen molar-refractivity contribution in [3.05, 3.63) is 47.3 Å². The second-order valence-electron chi connectivity index (χ2n) is 3.92. The number of rotatable bonds is 6. The predicted octanol–water partition coefficient (Wildman–Crippen LogP) is 1.72. The molecule has 0 radical (unpaired) electrons. The first-order chi connectivity index (χ1) is 9.67. The quantitative estimate of drug-likeness (QED) is 0.586. The van der Waals surface area contributed by atoms with Gasteiger partial charge < -0.3 is 14.3 Å². The van der Waals surface area contributed by atoms with Crippen molar-refractivity contribution >= 4 is 12.1 Å². The highest BCUT2D eigenvalue weighted by molar-refractivity contribution is 5.78. The van der Waals surface area contributed by atoms with Gasteiger partial charge in [0.05, 0.1) is 13.7 Å². The number of hydrogen-bond donors (Lipinski definition) is 0. The Kier molecular flexibility index (Phi) is 6.62. The number of esters is 1. The summed E-state index contributed by atoms with van der Waals surface area (Å²) in [5, 5.41) is 0. The fourth-order valence-electron chi connectivity index (χ4n) is 1.44. The molecule has 0 bridgehead atoms. The maximum absolute atomic E-state index is 11.9. The van der Waals surface area contributed by atoms with Gasteiger partial charge in [0.2, 0.25) is 6.54 Å². The maximum Gasteiger partial charge on any atom is 0.410 e. The van der Waals surface area contributed by atoms with Crippen LogP contribution in [0.3, 0.4) is 0 Å². The lowest BCUT2D eigenvalue weighted by atomic mass is 10.2. The molecule has 0 atom stereocenters. The first kappa shape index (κ1) is 15.5. The van der Waals surface area contributed by atoms with Crippen LogP contribution in [0.2, 0.25) is 0 Å². The zero-order chi connectivity index (χ0) is 14.8. The molecule has 0 saturated carbocycles. The van der Waals surface area contributed by atoms with E-state index in [9.17, 15) is 9.59 Å². The van der Waals surface area contributed by atoms with Gasteiger partial charge >= 0.3 is 12.1 Å². The summed E-state index contributed by atoms with van der Waals surface area (Å²) in [6.07, 6.45) is -0.636. The van der Waals surface area contributed by atoms with Crippen molar-refractivity contribution in [3.63, 3.8) is 0 Å². The lowest BCUT2D eigenvalue weighted by molar-refractivity contribution is -0.141. The van der Waals surface area contributed by atoms with Gasteiger partial charge in [-0.25, -0.2) is 11.4 Å². The van der Waals surface area contributed by atoms with Crippen LogP contribution in [-0.2, 0) is 20.9 Å². The van der Waals surface area contributed by atoms with Crippen LogP contribution in [0.15, 0.2) is 30.3 Å². The second kappa shape index (κ2) is 8.53. The zero-order valence-corrected chi connectivity index (χ0v) is 11.2. The normalized spacial score (nSPS) is 9.40. The largest absolute Gasteiger partial charge is 0.468 e. The van der Waals surface area contributed by atoms with E-state index < -0.39 is 12.1 Å². The molecule has 1 aromatic rings. The number of carbonyl (C=O) groups is 2. The number of ether oxygens (including phenoxy) is 2. The molecule has 0 saturated heterocycles. The highest BCUT2D eigenvalue weighted by atomic mass is 16.6. The Hall–Kier alpha value is -2.55. The zero-order valence-electron chi connectivity index (χ0n) is 11.2. The van der Waals surface area contributed by atoms with Crippen molar-refractivity contribution in [3.8, 4) is 0 Å². The minimum absolute atomic E-state index is 0.109. The van der Waals surface area contributed by atoms with Crippen LogP contribution in [0, 0.1) is 6.57 Å². The van der Waals surface area contributed by atoms with Gasteiger partial charge in [-0.2, -0.15) is 0 Å². The Balaban J connectivity index is 2.54. The Morgan fingerprint density at radius 2 is 2.00 bits per heavy atom. The number of amides is 1. The van der Waals surface area contributed by atoms with Crippen LogP contribution in [0.1, 0.15) is 5.56 Å². The Bertz CT molecular complexity index is 482. The third kappa shape index (κ3) is 5.40. The SMILES string of the molecule is [C-]#[N+]CCN(CC(=O)OC)C(=O)OCc1ccccc1. The van der Waals surface area contributed by atoms with Gasteiger partial charge in [-0.05, 0) is 5.56 Å². The van der Waals surface area contributed by atoms with Gasteiger partial charge in [-0.1, -0.05) is 30.3 Å². The predicted molar refractivity (Wildman–Crippen MR) is 71.7 cm³/mol. The van der Waals surface area contributed by atoms with Crippen LogP contribution >= 0.6 is 0 Å². The number of nitrogens with zero attached hydrogens (tertiary/aromatic N) is 2. The highest BCUT2D eigenvalue weighted by Crippen LogP contribution is 2.03. The van der Waals surface area contributed by atoms with Crippen molar-refractivity contribution in [2.45, 2.75) is 6.61 Å². The molecule has 0 aliphatic rings. The number of benzene rings is 1. The molecule has 1 amide bonds. The first-order valence-electron chi connectivity index (χ1n) is 6.03. The summed E-state index contributed by atoms with van der Waals surface area (Å²) in [6.45, 7) is 6.87. The topological polar surface area (TPSA) is 60.2 Å². The molecule has 20 heavy (non-hydrogen) atoms. The smallest absolute Gasteiger partial charge is 0.410 e. The lowest BCUT2D eigenvalue weighted by Crippen LogP contribution is -2.38. The molecule has 6 nitrogen and oxygen atoms in total. The summed E-state index contributed by atoms with van der Waals surface area (Å²) in [4.78, 5) is 27.4. The van der Waals surface area contributed by atoms with Crippen LogP contribution in [-0.4, -0.2) is 43.7 Å². The van der Waals surface area contributed by atoms with E-state index in [1.54, 1.807) is 0 Å². The molecule has 1 aromatic carbocycles. The summed E-state index contributed by atoms with van der Waals surface area (Å²) in [5.74, 6) is -0.549. The molecular formula is C14H16N2O4. The van der Waals surface area contributed by atoms with E-state index in [0.717, 1.165) is 10.5 Å². The van der Waals surface area contributed by atoms with Crippen LogP contribution in [0.4, 0.5) is 4.79 Å². The van der Waals surface area contributed by atoms with Crippen LogP contribution in [0.5, 0.6) is 0 Å². The molecule has 106 valence electrons. The maximum atomic E-state index is 11.9. The molecule has 0 unspecified atom stereocenters. The van der Waals surface area contributed by atoms with Gasteiger partial charge in [0, 0.05) is 0 Å². The summed E-state index contributed by atoms with van der Waals surface area (Å²) in [6, 6.07) is 9.21. The first-order valence-corrected chi connectivity index (χ1v) is 6.03. The van der Waals surface area contributed by atoms with Gasteiger partial charge in [0.15, 0.2) is 0 Å². The van der Waals surface area contributed by atoms with Crippen LogP contribution < -0.4 is 0 Å².